The van der Waals surface area contributed by atoms with Crippen LogP contribution in [0.2, 0.25) is 0 Å². The van der Waals surface area contributed by atoms with Gasteiger partial charge in [-0.1, -0.05) is 0 Å². The number of fused-ring (bicyclic) bond motifs is 1. The van der Waals surface area contributed by atoms with Gasteiger partial charge in [0.15, 0.2) is 11.5 Å². The molecule has 0 aliphatic rings. The monoisotopic (exact) mass is 190 g/mol. The third-order valence-electron chi connectivity index (χ3n) is 2.08. The highest BCUT2D eigenvalue weighted by molar-refractivity contribution is 5.64. The molecule has 4 nitrogen and oxygen atoms in total. The average molecular weight is 190 g/mol. The van der Waals surface area contributed by atoms with Gasteiger partial charge < -0.3 is 9.30 Å². The Labute approximate surface area is 83.2 Å². The number of hydrogen-bond donors (Lipinski definition) is 0. The zero-order chi connectivity index (χ0) is 10.3. The number of anilines is 1. The second kappa shape index (κ2) is 2.97. The van der Waals surface area contributed by atoms with Crippen molar-refractivity contribution < 1.29 is 0 Å². The molecular formula is C10H14N4. The first kappa shape index (κ1) is 8.99. The molecule has 2 rings (SSSR count). The van der Waals surface area contributed by atoms with Gasteiger partial charge in [0.2, 0.25) is 0 Å². The third-order valence-corrected chi connectivity index (χ3v) is 2.08. The van der Waals surface area contributed by atoms with Gasteiger partial charge in [0.05, 0.1) is 11.4 Å². The highest BCUT2D eigenvalue weighted by Gasteiger charge is 2.08. The fraction of sp³-hybridized carbons (Fsp3) is 0.400. The van der Waals surface area contributed by atoms with Crippen molar-refractivity contribution >= 4 is 11.5 Å². The zero-order valence-corrected chi connectivity index (χ0v) is 8.94. The second-order valence-corrected chi connectivity index (χ2v) is 3.71. The van der Waals surface area contributed by atoms with Crippen molar-refractivity contribution in [2.24, 2.45) is 0 Å². The summed E-state index contributed by atoms with van der Waals surface area (Å²) in [4.78, 5) is 10.9. The van der Waals surface area contributed by atoms with Crippen LogP contribution in [0, 0.1) is 13.8 Å². The zero-order valence-electron chi connectivity index (χ0n) is 8.94. The summed E-state index contributed by atoms with van der Waals surface area (Å²) in [5.74, 6) is 0.915. The van der Waals surface area contributed by atoms with Crippen molar-refractivity contribution in [3.05, 3.63) is 23.8 Å². The third kappa shape index (κ3) is 1.32. The molecule has 2 aromatic heterocycles. The second-order valence-electron chi connectivity index (χ2n) is 3.71. The van der Waals surface area contributed by atoms with Gasteiger partial charge in [-0.15, -0.1) is 0 Å². The predicted molar refractivity (Wildman–Crippen MR) is 56.8 cm³/mol. The van der Waals surface area contributed by atoms with Crippen LogP contribution in [-0.4, -0.2) is 28.5 Å². The number of hydrogen-bond acceptors (Lipinski definition) is 3. The Kier molecular flexibility index (Phi) is 1.91. The lowest BCUT2D eigenvalue weighted by molar-refractivity contribution is 0.999. The molecule has 2 aromatic rings. The largest absolute Gasteiger partial charge is 0.360 e. The van der Waals surface area contributed by atoms with Crippen molar-refractivity contribution in [1.82, 2.24) is 14.4 Å². The summed E-state index contributed by atoms with van der Waals surface area (Å²) >= 11 is 0. The SMILES string of the molecule is Cc1cn2cc(C)nc2c(N(C)C)n1. The number of nitrogens with zero attached hydrogens (tertiary/aromatic N) is 4. The summed E-state index contributed by atoms with van der Waals surface area (Å²) in [6.07, 6.45) is 4.00. The van der Waals surface area contributed by atoms with Crippen molar-refractivity contribution in [1.29, 1.82) is 0 Å². The number of aromatic nitrogens is 3. The van der Waals surface area contributed by atoms with Crippen LogP contribution in [0.25, 0.3) is 5.65 Å². The van der Waals surface area contributed by atoms with E-state index in [4.69, 9.17) is 0 Å². The fourth-order valence-corrected chi connectivity index (χ4v) is 1.53. The van der Waals surface area contributed by atoms with Crippen LogP contribution >= 0.6 is 0 Å². The van der Waals surface area contributed by atoms with Crippen LogP contribution in [0.15, 0.2) is 12.4 Å². The molecule has 2 heterocycles. The smallest absolute Gasteiger partial charge is 0.180 e. The predicted octanol–water partition coefficient (Wildman–Crippen LogP) is 1.41. The van der Waals surface area contributed by atoms with E-state index in [-0.39, 0.29) is 0 Å². The first-order valence-corrected chi connectivity index (χ1v) is 4.58. The van der Waals surface area contributed by atoms with Gasteiger partial charge in [-0.3, -0.25) is 0 Å². The molecule has 0 bridgehead atoms. The molecule has 0 amide bonds. The van der Waals surface area contributed by atoms with E-state index in [1.54, 1.807) is 0 Å². The Balaban J connectivity index is 2.79. The van der Waals surface area contributed by atoms with Crippen LogP contribution in [0.5, 0.6) is 0 Å². The molecule has 0 aliphatic heterocycles. The highest BCUT2D eigenvalue weighted by Crippen LogP contribution is 2.16. The molecule has 0 fully saturated rings. The van der Waals surface area contributed by atoms with Gasteiger partial charge in [0, 0.05) is 26.5 Å². The lowest BCUT2D eigenvalue weighted by Gasteiger charge is -2.12. The summed E-state index contributed by atoms with van der Waals surface area (Å²) in [7, 11) is 3.96. The number of rotatable bonds is 1. The average Bonchev–Trinajstić information content (AvgIpc) is 2.42. The summed E-state index contributed by atoms with van der Waals surface area (Å²) < 4.78 is 2.02. The molecule has 0 spiro atoms. The molecule has 14 heavy (non-hydrogen) atoms. The Morgan fingerprint density at radius 3 is 2.21 bits per heavy atom. The number of aryl methyl sites for hydroxylation is 2. The maximum Gasteiger partial charge on any atom is 0.180 e. The van der Waals surface area contributed by atoms with Crippen molar-refractivity contribution in [2.45, 2.75) is 13.8 Å². The van der Waals surface area contributed by atoms with Crippen molar-refractivity contribution in [3.63, 3.8) is 0 Å². The molecular weight excluding hydrogens is 176 g/mol. The van der Waals surface area contributed by atoms with E-state index in [0.29, 0.717) is 0 Å². The van der Waals surface area contributed by atoms with E-state index < -0.39 is 0 Å². The molecule has 0 atom stereocenters. The van der Waals surface area contributed by atoms with E-state index in [9.17, 15) is 0 Å². The fourth-order valence-electron chi connectivity index (χ4n) is 1.53. The minimum Gasteiger partial charge on any atom is -0.360 e. The maximum absolute atomic E-state index is 4.46. The van der Waals surface area contributed by atoms with Gasteiger partial charge in [-0.25, -0.2) is 9.97 Å². The normalized spacial score (nSPS) is 10.9. The van der Waals surface area contributed by atoms with Gasteiger partial charge >= 0.3 is 0 Å². The summed E-state index contributed by atoms with van der Waals surface area (Å²) in [5.41, 5.74) is 2.93. The summed E-state index contributed by atoms with van der Waals surface area (Å²) in [6.45, 7) is 3.98. The molecule has 0 aliphatic carbocycles. The lowest BCUT2D eigenvalue weighted by atomic mass is 10.4. The Hall–Kier alpha value is -1.58. The van der Waals surface area contributed by atoms with E-state index in [0.717, 1.165) is 22.9 Å². The van der Waals surface area contributed by atoms with Gasteiger partial charge in [0.25, 0.3) is 0 Å². The Bertz CT molecular complexity index is 470. The summed E-state index contributed by atoms with van der Waals surface area (Å²) in [5, 5.41) is 0. The first-order valence-electron chi connectivity index (χ1n) is 4.58. The molecule has 74 valence electrons. The topological polar surface area (TPSA) is 33.4 Å². The van der Waals surface area contributed by atoms with Crippen LogP contribution in [-0.2, 0) is 0 Å². The molecule has 0 aromatic carbocycles. The molecule has 0 saturated heterocycles. The molecule has 0 unspecified atom stereocenters. The van der Waals surface area contributed by atoms with E-state index in [1.165, 1.54) is 0 Å². The summed E-state index contributed by atoms with van der Waals surface area (Å²) in [6, 6.07) is 0. The van der Waals surface area contributed by atoms with E-state index >= 15 is 0 Å². The van der Waals surface area contributed by atoms with E-state index in [1.807, 2.05) is 49.6 Å². The van der Waals surface area contributed by atoms with Crippen LogP contribution in [0.1, 0.15) is 11.4 Å². The van der Waals surface area contributed by atoms with Crippen LogP contribution < -0.4 is 4.90 Å². The minimum absolute atomic E-state index is 0.915. The molecule has 4 heteroatoms. The quantitative estimate of drug-likeness (QED) is 0.681. The minimum atomic E-state index is 0.915. The Morgan fingerprint density at radius 2 is 1.64 bits per heavy atom. The molecule has 0 N–H and O–H groups in total. The maximum atomic E-state index is 4.46. The van der Waals surface area contributed by atoms with Crippen LogP contribution in [0.3, 0.4) is 0 Å². The van der Waals surface area contributed by atoms with Crippen LogP contribution in [0.4, 0.5) is 5.82 Å². The van der Waals surface area contributed by atoms with Crippen molar-refractivity contribution in [2.75, 3.05) is 19.0 Å². The van der Waals surface area contributed by atoms with Crippen molar-refractivity contribution in [3.8, 4) is 0 Å². The van der Waals surface area contributed by atoms with E-state index in [2.05, 4.69) is 9.97 Å². The Morgan fingerprint density at radius 1 is 1.07 bits per heavy atom. The molecule has 0 radical (unpaired) electrons. The standard InChI is InChI=1S/C10H14N4/c1-7-5-14-6-8(2)12-10(14)9(11-7)13(3)4/h5-6H,1-4H3. The number of imidazole rings is 1. The van der Waals surface area contributed by atoms with Gasteiger partial charge in [0.1, 0.15) is 0 Å². The first-order chi connectivity index (χ1) is 6.58. The molecule has 0 saturated carbocycles. The lowest BCUT2D eigenvalue weighted by Crippen LogP contribution is -2.13. The van der Waals surface area contributed by atoms with Gasteiger partial charge in [-0.2, -0.15) is 0 Å². The highest BCUT2D eigenvalue weighted by atomic mass is 15.2. The van der Waals surface area contributed by atoms with Gasteiger partial charge in [-0.05, 0) is 13.8 Å².